The Morgan fingerprint density at radius 1 is 1.56 bits per heavy atom. The normalized spacial score (nSPS) is 11.9. The second-order valence-electron chi connectivity index (χ2n) is 3.56. The van der Waals surface area contributed by atoms with Crippen molar-refractivity contribution < 1.29 is 9.90 Å². The molecule has 1 amide bonds. The van der Waals surface area contributed by atoms with Gasteiger partial charge in [0.25, 0.3) is 0 Å². The Morgan fingerprint density at radius 2 is 2.19 bits per heavy atom. The predicted molar refractivity (Wildman–Crippen MR) is 60.0 cm³/mol. The molecule has 0 bridgehead atoms. The van der Waals surface area contributed by atoms with Crippen molar-refractivity contribution in [3.63, 3.8) is 0 Å². The van der Waals surface area contributed by atoms with Crippen LogP contribution in [0, 0.1) is 0 Å². The first kappa shape index (κ1) is 12.4. The van der Waals surface area contributed by atoms with Gasteiger partial charge in [-0.15, -0.1) is 0 Å². The number of nitrogens with one attached hydrogen (secondary N) is 1. The molecule has 88 valence electrons. The molecule has 6 heteroatoms. The van der Waals surface area contributed by atoms with E-state index in [-0.39, 0.29) is 25.1 Å². The lowest BCUT2D eigenvalue weighted by molar-refractivity contribution is -0.120. The molecule has 1 atom stereocenters. The van der Waals surface area contributed by atoms with Gasteiger partial charge in [0.15, 0.2) is 0 Å². The average molecular weight is 224 g/mol. The summed E-state index contributed by atoms with van der Waals surface area (Å²) in [7, 11) is 1.73. The Balaban J connectivity index is 2.46. The fraction of sp³-hybridized carbons (Fsp3) is 0.500. The topological polar surface area (TPSA) is 78.4 Å². The summed E-state index contributed by atoms with van der Waals surface area (Å²) in [5.74, 6) is 0.325. The molecule has 0 aromatic carbocycles. The minimum absolute atomic E-state index is 0.0721. The third-order valence-electron chi connectivity index (χ3n) is 1.96. The van der Waals surface area contributed by atoms with Crippen LogP contribution in [0.1, 0.15) is 6.92 Å². The fourth-order valence-electron chi connectivity index (χ4n) is 1.14. The van der Waals surface area contributed by atoms with E-state index in [1.165, 1.54) is 0 Å². The van der Waals surface area contributed by atoms with Crippen LogP contribution in [0.5, 0.6) is 0 Å². The zero-order chi connectivity index (χ0) is 12.0. The Morgan fingerprint density at radius 3 is 2.75 bits per heavy atom. The SMILES string of the molecule is C[C@H](CO)NC(=O)CN(C)c1ncccn1. The molecule has 0 fully saturated rings. The second-order valence-corrected chi connectivity index (χ2v) is 3.56. The number of likely N-dealkylation sites (N-methyl/N-ethyl adjacent to an activating group) is 1. The van der Waals surface area contributed by atoms with Gasteiger partial charge < -0.3 is 15.3 Å². The van der Waals surface area contributed by atoms with Gasteiger partial charge in [-0.25, -0.2) is 9.97 Å². The van der Waals surface area contributed by atoms with Crippen LogP contribution in [0.4, 0.5) is 5.95 Å². The lowest BCUT2D eigenvalue weighted by atomic mass is 10.3. The number of nitrogens with zero attached hydrogens (tertiary/aromatic N) is 3. The molecule has 0 saturated heterocycles. The highest BCUT2D eigenvalue weighted by molar-refractivity contribution is 5.80. The van der Waals surface area contributed by atoms with Crippen LogP contribution < -0.4 is 10.2 Å². The zero-order valence-corrected chi connectivity index (χ0v) is 9.42. The lowest BCUT2D eigenvalue weighted by Crippen LogP contribution is -2.41. The first-order valence-corrected chi connectivity index (χ1v) is 5.02. The van der Waals surface area contributed by atoms with Gasteiger partial charge in [0, 0.05) is 25.5 Å². The van der Waals surface area contributed by atoms with Crippen LogP contribution >= 0.6 is 0 Å². The van der Waals surface area contributed by atoms with Gasteiger partial charge in [0.1, 0.15) is 0 Å². The summed E-state index contributed by atoms with van der Waals surface area (Å²) < 4.78 is 0. The van der Waals surface area contributed by atoms with Gasteiger partial charge in [-0.2, -0.15) is 0 Å². The van der Waals surface area contributed by atoms with E-state index < -0.39 is 0 Å². The first-order valence-electron chi connectivity index (χ1n) is 5.02. The maximum atomic E-state index is 11.5. The molecule has 2 N–H and O–H groups in total. The maximum Gasteiger partial charge on any atom is 0.239 e. The minimum atomic E-state index is -0.238. The largest absolute Gasteiger partial charge is 0.394 e. The van der Waals surface area contributed by atoms with Crippen molar-refractivity contribution in [2.75, 3.05) is 25.1 Å². The second kappa shape index (κ2) is 6.02. The van der Waals surface area contributed by atoms with Gasteiger partial charge in [0.05, 0.1) is 13.2 Å². The molecule has 1 aromatic heterocycles. The number of carbonyl (C=O) groups excluding carboxylic acids is 1. The minimum Gasteiger partial charge on any atom is -0.394 e. The van der Waals surface area contributed by atoms with Crippen LogP contribution in [0.3, 0.4) is 0 Å². The van der Waals surface area contributed by atoms with Crippen molar-refractivity contribution in [2.24, 2.45) is 0 Å². The number of aliphatic hydroxyl groups excluding tert-OH is 1. The summed E-state index contributed by atoms with van der Waals surface area (Å²) >= 11 is 0. The van der Waals surface area contributed by atoms with Gasteiger partial charge in [-0.3, -0.25) is 4.79 Å². The third-order valence-corrected chi connectivity index (χ3v) is 1.96. The van der Waals surface area contributed by atoms with E-state index >= 15 is 0 Å². The molecule has 0 aliphatic rings. The number of hydrogen-bond acceptors (Lipinski definition) is 5. The molecular weight excluding hydrogens is 208 g/mol. The maximum absolute atomic E-state index is 11.5. The molecular formula is C10H16N4O2. The molecule has 0 unspecified atom stereocenters. The molecule has 0 spiro atoms. The van der Waals surface area contributed by atoms with E-state index in [1.807, 2.05) is 0 Å². The van der Waals surface area contributed by atoms with E-state index in [0.29, 0.717) is 5.95 Å². The van der Waals surface area contributed by atoms with Gasteiger partial charge in [0.2, 0.25) is 11.9 Å². The Hall–Kier alpha value is -1.69. The van der Waals surface area contributed by atoms with Crippen molar-refractivity contribution in [3.8, 4) is 0 Å². The summed E-state index contributed by atoms with van der Waals surface area (Å²) in [6.07, 6.45) is 3.24. The molecule has 1 rings (SSSR count). The highest BCUT2D eigenvalue weighted by Gasteiger charge is 2.10. The number of anilines is 1. The van der Waals surface area contributed by atoms with Crippen LogP contribution in [0.15, 0.2) is 18.5 Å². The Kier molecular flexibility index (Phi) is 4.65. The van der Waals surface area contributed by atoms with E-state index in [1.54, 1.807) is 37.3 Å². The summed E-state index contributed by atoms with van der Waals surface area (Å²) in [5.41, 5.74) is 0. The number of hydrogen-bond donors (Lipinski definition) is 2. The van der Waals surface area contributed by atoms with Crippen LogP contribution in [0.2, 0.25) is 0 Å². The number of rotatable bonds is 5. The first-order chi connectivity index (χ1) is 7.63. The molecule has 1 aromatic rings. The monoisotopic (exact) mass is 224 g/mol. The number of aromatic nitrogens is 2. The number of amides is 1. The molecule has 6 nitrogen and oxygen atoms in total. The van der Waals surface area contributed by atoms with E-state index in [4.69, 9.17) is 5.11 Å². The average Bonchev–Trinajstić information content (AvgIpc) is 2.29. The third kappa shape index (κ3) is 3.82. The zero-order valence-electron chi connectivity index (χ0n) is 9.42. The highest BCUT2D eigenvalue weighted by atomic mass is 16.3. The molecule has 0 saturated carbocycles. The summed E-state index contributed by atoms with van der Waals surface area (Å²) in [4.78, 5) is 21.1. The molecule has 16 heavy (non-hydrogen) atoms. The lowest BCUT2D eigenvalue weighted by Gasteiger charge is -2.17. The predicted octanol–water partition coefficient (Wildman–Crippen LogP) is -0.590. The fourth-order valence-corrected chi connectivity index (χ4v) is 1.14. The standard InChI is InChI=1S/C10H16N4O2/c1-8(7-15)13-9(16)6-14(2)10-11-4-3-5-12-10/h3-5,8,15H,6-7H2,1-2H3,(H,13,16)/t8-/m1/s1. The smallest absolute Gasteiger partial charge is 0.239 e. The summed E-state index contributed by atoms with van der Waals surface area (Å²) in [6, 6.07) is 1.48. The van der Waals surface area contributed by atoms with Crippen molar-refractivity contribution in [1.29, 1.82) is 0 Å². The van der Waals surface area contributed by atoms with Gasteiger partial charge in [-0.05, 0) is 13.0 Å². The van der Waals surface area contributed by atoms with Gasteiger partial charge >= 0.3 is 0 Å². The molecule has 1 heterocycles. The summed E-state index contributed by atoms with van der Waals surface area (Å²) in [5, 5.41) is 11.4. The van der Waals surface area contributed by atoms with Crippen molar-refractivity contribution in [1.82, 2.24) is 15.3 Å². The quantitative estimate of drug-likeness (QED) is 0.699. The van der Waals surface area contributed by atoms with E-state index in [2.05, 4.69) is 15.3 Å². The number of aliphatic hydroxyl groups is 1. The van der Waals surface area contributed by atoms with Crippen molar-refractivity contribution in [2.45, 2.75) is 13.0 Å². The van der Waals surface area contributed by atoms with Crippen molar-refractivity contribution >= 4 is 11.9 Å². The Bertz CT molecular complexity index is 331. The van der Waals surface area contributed by atoms with Crippen molar-refractivity contribution in [3.05, 3.63) is 18.5 Å². The van der Waals surface area contributed by atoms with Crippen LogP contribution in [-0.4, -0.2) is 47.2 Å². The van der Waals surface area contributed by atoms with Gasteiger partial charge in [-0.1, -0.05) is 0 Å². The molecule has 0 radical (unpaired) electrons. The molecule has 0 aliphatic carbocycles. The molecule has 0 aliphatic heterocycles. The van der Waals surface area contributed by atoms with E-state index in [9.17, 15) is 4.79 Å². The number of carbonyl (C=O) groups is 1. The highest BCUT2D eigenvalue weighted by Crippen LogP contribution is 2.00. The summed E-state index contributed by atoms with van der Waals surface area (Å²) in [6.45, 7) is 1.82. The van der Waals surface area contributed by atoms with Crippen LogP contribution in [-0.2, 0) is 4.79 Å². The Labute approximate surface area is 94.3 Å². The van der Waals surface area contributed by atoms with Crippen LogP contribution in [0.25, 0.3) is 0 Å². The van der Waals surface area contributed by atoms with E-state index in [0.717, 1.165) is 0 Å².